The first-order valence-corrected chi connectivity index (χ1v) is 7.15. The molecule has 0 aromatic heterocycles. The Hall–Kier alpha value is -0.950. The van der Waals surface area contributed by atoms with Gasteiger partial charge in [-0.15, -0.1) is 24.8 Å². The van der Waals surface area contributed by atoms with E-state index in [0.717, 1.165) is 5.56 Å². The fourth-order valence-corrected chi connectivity index (χ4v) is 2.51. The number of benzene rings is 1. The lowest BCUT2D eigenvalue weighted by atomic mass is 10.0. The first-order chi connectivity index (χ1) is 10.1. The van der Waals surface area contributed by atoms with Gasteiger partial charge in [-0.3, -0.25) is 9.69 Å². The zero-order valence-corrected chi connectivity index (χ0v) is 14.4. The molecule has 1 fully saturated rings. The van der Waals surface area contributed by atoms with Crippen molar-refractivity contribution in [2.45, 2.75) is 18.9 Å². The Morgan fingerprint density at radius 1 is 1.09 bits per heavy atom. The molecule has 132 valence electrons. The van der Waals surface area contributed by atoms with E-state index >= 15 is 0 Å². The van der Waals surface area contributed by atoms with Gasteiger partial charge in [-0.05, 0) is 5.56 Å². The number of nitrogens with zero attached hydrogens (tertiary/aromatic N) is 2. The van der Waals surface area contributed by atoms with Crippen LogP contribution >= 0.6 is 24.8 Å². The maximum Gasteiger partial charge on any atom is 0.251 e. The number of hydrogen-bond acceptors (Lipinski definition) is 3. The SMILES string of the molecule is Cl.Cl.NC(CC(=O)N1CCN(CC(F)F)CC1)c1ccccc1. The summed E-state index contributed by atoms with van der Waals surface area (Å²) in [6.45, 7) is 1.76. The van der Waals surface area contributed by atoms with Gasteiger partial charge >= 0.3 is 0 Å². The number of rotatable bonds is 5. The van der Waals surface area contributed by atoms with E-state index < -0.39 is 6.43 Å². The molecule has 0 saturated carbocycles. The molecule has 1 heterocycles. The Morgan fingerprint density at radius 2 is 1.65 bits per heavy atom. The molecular weight excluding hydrogens is 347 g/mol. The van der Waals surface area contributed by atoms with E-state index in [4.69, 9.17) is 5.73 Å². The highest BCUT2D eigenvalue weighted by Gasteiger charge is 2.24. The monoisotopic (exact) mass is 369 g/mol. The first-order valence-electron chi connectivity index (χ1n) is 7.15. The summed E-state index contributed by atoms with van der Waals surface area (Å²) in [4.78, 5) is 15.6. The second kappa shape index (κ2) is 10.8. The molecule has 0 aliphatic carbocycles. The molecule has 8 heteroatoms. The minimum atomic E-state index is -2.32. The minimum Gasteiger partial charge on any atom is -0.340 e. The van der Waals surface area contributed by atoms with Gasteiger partial charge in [0.2, 0.25) is 5.91 Å². The zero-order chi connectivity index (χ0) is 15.2. The third-order valence-electron chi connectivity index (χ3n) is 3.74. The third kappa shape index (κ3) is 6.99. The van der Waals surface area contributed by atoms with E-state index in [1.54, 1.807) is 9.80 Å². The van der Waals surface area contributed by atoms with Crippen molar-refractivity contribution in [3.63, 3.8) is 0 Å². The fourth-order valence-electron chi connectivity index (χ4n) is 2.51. The van der Waals surface area contributed by atoms with Crippen LogP contribution in [0.2, 0.25) is 0 Å². The second-order valence-corrected chi connectivity index (χ2v) is 5.29. The van der Waals surface area contributed by atoms with Crippen molar-refractivity contribution in [1.29, 1.82) is 0 Å². The standard InChI is InChI=1S/C15H21F2N3O.2ClH/c16-14(17)11-19-6-8-20(9-7-19)15(21)10-13(18)12-4-2-1-3-5-12;;/h1-5,13-14H,6-11,18H2;2*1H. The normalized spacial score (nSPS) is 16.4. The van der Waals surface area contributed by atoms with Crippen molar-refractivity contribution in [2.24, 2.45) is 5.73 Å². The van der Waals surface area contributed by atoms with Crippen LogP contribution in [0.25, 0.3) is 0 Å². The van der Waals surface area contributed by atoms with Crippen molar-refractivity contribution in [3.8, 4) is 0 Å². The summed E-state index contributed by atoms with van der Waals surface area (Å²) in [6.07, 6.45) is -2.07. The third-order valence-corrected chi connectivity index (χ3v) is 3.74. The Kier molecular flexibility index (Phi) is 10.3. The molecule has 1 unspecified atom stereocenters. The molecule has 1 aromatic carbocycles. The van der Waals surface area contributed by atoms with Crippen LogP contribution in [0.5, 0.6) is 0 Å². The molecule has 0 radical (unpaired) electrons. The van der Waals surface area contributed by atoms with Crippen molar-refractivity contribution in [1.82, 2.24) is 9.80 Å². The number of nitrogens with two attached hydrogens (primary N) is 1. The molecule has 4 nitrogen and oxygen atoms in total. The Labute approximate surface area is 147 Å². The lowest BCUT2D eigenvalue weighted by Crippen LogP contribution is -2.50. The second-order valence-electron chi connectivity index (χ2n) is 5.29. The van der Waals surface area contributed by atoms with Gasteiger partial charge in [0.25, 0.3) is 6.43 Å². The van der Waals surface area contributed by atoms with Gasteiger partial charge in [-0.25, -0.2) is 8.78 Å². The summed E-state index contributed by atoms with van der Waals surface area (Å²) in [5.41, 5.74) is 6.97. The molecule has 0 spiro atoms. The Morgan fingerprint density at radius 3 is 2.17 bits per heavy atom. The molecule has 2 N–H and O–H groups in total. The van der Waals surface area contributed by atoms with Gasteiger partial charge in [0, 0.05) is 38.6 Å². The summed E-state index contributed by atoms with van der Waals surface area (Å²) in [5, 5.41) is 0. The van der Waals surface area contributed by atoms with Gasteiger partial charge in [-0.1, -0.05) is 30.3 Å². The minimum absolute atomic E-state index is 0. The predicted molar refractivity (Wildman–Crippen MR) is 91.5 cm³/mol. The van der Waals surface area contributed by atoms with E-state index in [1.807, 2.05) is 30.3 Å². The maximum atomic E-state index is 12.3. The van der Waals surface area contributed by atoms with E-state index in [-0.39, 0.29) is 49.7 Å². The van der Waals surface area contributed by atoms with Crippen molar-refractivity contribution < 1.29 is 13.6 Å². The van der Waals surface area contributed by atoms with Crippen LogP contribution in [0, 0.1) is 0 Å². The molecule has 1 aromatic rings. The number of hydrogen-bond donors (Lipinski definition) is 1. The average molecular weight is 370 g/mol. The van der Waals surface area contributed by atoms with Crippen LogP contribution in [0.4, 0.5) is 8.78 Å². The number of carbonyl (C=O) groups is 1. The lowest BCUT2D eigenvalue weighted by molar-refractivity contribution is -0.133. The van der Waals surface area contributed by atoms with Gasteiger partial charge < -0.3 is 10.6 Å². The van der Waals surface area contributed by atoms with Crippen molar-refractivity contribution >= 4 is 30.7 Å². The molecular formula is C15H23Cl2F2N3O. The van der Waals surface area contributed by atoms with Gasteiger partial charge in [0.15, 0.2) is 0 Å². The first kappa shape index (κ1) is 22.1. The van der Waals surface area contributed by atoms with Gasteiger partial charge in [0.05, 0.1) is 6.54 Å². The van der Waals surface area contributed by atoms with Crippen LogP contribution in [0.15, 0.2) is 30.3 Å². The number of piperazine rings is 1. The van der Waals surface area contributed by atoms with E-state index in [9.17, 15) is 13.6 Å². The number of carbonyl (C=O) groups excluding carboxylic acids is 1. The van der Waals surface area contributed by atoms with Crippen LogP contribution < -0.4 is 5.73 Å². The van der Waals surface area contributed by atoms with E-state index in [2.05, 4.69) is 0 Å². The van der Waals surface area contributed by atoms with Gasteiger partial charge in [0.1, 0.15) is 0 Å². The molecule has 1 amide bonds. The summed E-state index contributed by atoms with van der Waals surface area (Å²) < 4.78 is 24.6. The highest BCUT2D eigenvalue weighted by molar-refractivity contribution is 5.85. The average Bonchev–Trinajstić information content (AvgIpc) is 2.48. The Bertz CT molecular complexity index is 457. The molecule has 23 heavy (non-hydrogen) atoms. The highest BCUT2D eigenvalue weighted by atomic mass is 35.5. The summed E-state index contributed by atoms with van der Waals surface area (Å²) in [5.74, 6) is -0.0111. The van der Waals surface area contributed by atoms with E-state index in [0.29, 0.717) is 26.2 Å². The van der Waals surface area contributed by atoms with Crippen molar-refractivity contribution in [3.05, 3.63) is 35.9 Å². The van der Waals surface area contributed by atoms with Crippen molar-refractivity contribution in [2.75, 3.05) is 32.7 Å². The predicted octanol–water partition coefficient (Wildman–Crippen LogP) is 2.33. The van der Waals surface area contributed by atoms with Crippen LogP contribution in [-0.2, 0) is 4.79 Å². The Balaban J connectivity index is 0.00000242. The number of alkyl halides is 2. The van der Waals surface area contributed by atoms with Crippen LogP contribution in [0.1, 0.15) is 18.0 Å². The molecule has 1 aliphatic rings. The molecule has 1 aliphatic heterocycles. The molecule has 2 rings (SSSR count). The molecule has 1 saturated heterocycles. The lowest BCUT2D eigenvalue weighted by Gasteiger charge is -2.35. The largest absolute Gasteiger partial charge is 0.340 e. The number of amides is 1. The number of halogens is 4. The summed E-state index contributed by atoms with van der Waals surface area (Å²) >= 11 is 0. The van der Waals surface area contributed by atoms with E-state index in [1.165, 1.54) is 0 Å². The highest BCUT2D eigenvalue weighted by Crippen LogP contribution is 2.15. The summed E-state index contributed by atoms with van der Waals surface area (Å²) in [6, 6.07) is 9.17. The van der Waals surface area contributed by atoms with Gasteiger partial charge in [-0.2, -0.15) is 0 Å². The smallest absolute Gasteiger partial charge is 0.251 e. The molecule has 1 atom stereocenters. The zero-order valence-electron chi connectivity index (χ0n) is 12.7. The summed E-state index contributed by atoms with van der Waals surface area (Å²) in [7, 11) is 0. The quantitative estimate of drug-likeness (QED) is 0.866. The fraction of sp³-hybridized carbons (Fsp3) is 0.533. The molecule has 0 bridgehead atoms. The van der Waals surface area contributed by atoms with Crippen LogP contribution in [0.3, 0.4) is 0 Å². The topological polar surface area (TPSA) is 49.6 Å². The van der Waals surface area contributed by atoms with Crippen LogP contribution in [-0.4, -0.2) is 54.9 Å². The maximum absolute atomic E-state index is 12.3.